The summed E-state index contributed by atoms with van der Waals surface area (Å²) in [4.78, 5) is 0. The van der Waals surface area contributed by atoms with Crippen molar-refractivity contribution < 1.29 is 123 Å². The Morgan fingerprint density at radius 1 is 0.667 bits per heavy atom. The van der Waals surface area contributed by atoms with E-state index in [2.05, 4.69) is 0 Å². The van der Waals surface area contributed by atoms with Crippen LogP contribution in [0.25, 0.3) is 0 Å². The second-order valence-corrected chi connectivity index (χ2v) is 2.45. The van der Waals surface area contributed by atoms with E-state index in [-0.39, 0.29) is 88.4 Å². The van der Waals surface area contributed by atoms with E-state index in [4.69, 9.17) is 35.0 Å². The van der Waals surface area contributed by atoms with Gasteiger partial charge in [-0.15, -0.1) is 0 Å². The maximum atomic E-state index is 8.52. The molecule has 12 heteroatoms. The van der Waals surface area contributed by atoms with Gasteiger partial charge in [-0.2, -0.15) is 0 Å². The number of rotatable bonds is 0. The van der Waals surface area contributed by atoms with Crippen LogP contribution >= 0.6 is 0 Å². The second-order valence-electron chi connectivity index (χ2n) is 0.816. The van der Waals surface area contributed by atoms with E-state index in [1.54, 1.807) is 0 Å². The molecular weight excluding hydrogens is 428 g/mol. The summed E-state index contributed by atoms with van der Waals surface area (Å²) in [7, 11) is -10.3. The molecular formula is CsO8RhS2. The van der Waals surface area contributed by atoms with E-state index in [0.717, 1.165) is 0 Å². The van der Waals surface area contributed by atoms with Crippen molar-refractivity contribution in [1.29, 1.82) is 0 Å². The maximum absolute atomic E-state index is 8.52. The molecule has 0 aliphatic rings. The Kier molecular flexibility index (Phi) is 19.8. The van der Waals surface area contributed by atoms with Gasteiger partial charge in [0, 0.05) is 20.8 Å². The molecule has 0 spiro atoms. The number of hydrogen-bond donors (Lipinski definition) is 0. The summed E-state index contributed by atoms with van der Waals surface area (Å²) < 4.78 is 68.2. The zero-order valence-corrected chi connectivity index (χ0v) is 15.0. The monoisotopic (exact) mass is 428 g/mol. The van der Waals surface area contributed by atoms with Gasteiger partial charge >= 0.3 is 88.4 Å². The van der Waals surface area contributed by atoms with Gasteiger partial charge in [0.15, 0.2) is 0 Å². The molecule has 0 aromatic carbocycles. The Morgan fingerprint density at radius 2 is 0.667 bits per heavy atom. The maximum Gasteiger partial charge on any atom is 3.00 e. The molecule has 12 heavy (non-hydrogen) atoms. The van der Waals surface area contributed by atoms with E-state index in [9.17, 15) is 0 Å². The van der Waals surface area contributed by atoms with Gasteiger partial charge in [-0.3, -0.25) is 16.8 Å². The fourth-order valence-electron chi connectivity index (χ4n) is 0. The molecule has 0 radical (unpaired) electrons. The van der Waals surface area contributed by atoms with Gasteiger partial charge in [-0.05, 0) is 0 Å². The topological polar surface area (TPSA) is 161 Å². The van der Waals surface area contributed by atoms with Crippen LogP contribution in [-0.4, -0.2) is 35.0 Å². The molecule has 0 saturated heterocycles. The second kappa shape index (κ2) is 9.95. The molecule has 0 fully saturated rings. The van der Waals surface area contributed by atoms with Gasteiger partial charge in [0.25, 0.3) is 0 Å². The summed E-state index contributed by atoms with van der Waals surface area (Å²) >= 11 is 0. The smallest absolute Gasteiger partial charge is 0.759 e. The van der Waals surface area contributed by atoms with Crippen LogP contribution < -0.4 is 68.9 Å². The molecule has 0 atom stereocenters. The Morgan fingerprint density at radius 3 is 0.667 bits per heavy atom. The molecule has 0 aromatic heterocycles. The van der Waals surface area contributed by atoms with Crippen molar-refractivity contribution in [2.45, 2.75) is 0 Å². The molecule has 70 valence electrons. The van der Waals surface area contributed by atoms with E-state index >= 15 is 0 Å². The van der Waals surface area contributed by atoms with Crippen molar-refractivity contribution in [1.82, 2.24) is 0 Å². The third-order valence-electron chi connectivity index (χ3n) is 0. The minimum Gasteiger partial charge on any atom is -0.759 e. The van der Waals surface area contributed by atoms with Gasteiger partial charge in [-0.25, -0.2) is 0 Å². The molecule has 0 heterocycles. The normalized spacial score (nSPS) is 9.67. The molecule has 0 N–H and O–H groups in total. The number of hydrogen-bond acceptors (Lipinski definition) is 8. The average Bonchev–Trinajstić information content (AvgIpc) is 1.12. The molecule has 0 bridgehead atoms. The summed E-state index contributed by atoms with van der Waals surface area (Å²) in [5.74, 6) is 0. The van der Waals surface area contributed by atoms with Crippen LogP contribution in [0.4, 0.5) is 0 Å². The first kappa shape index (κ1) is 23.9. The van der Waals surface area contributed by atoms with E-state index in [1.165, 1.54) is 0 Å². The Labute approximate surface area is 141 Å². The largest absolute Gasteiger partial charge is 3.00 e. The Hall–Kier alpha value is 2.42. The zero-order chi connectivity index (χ0) is 9.00. The molecule has 0 amide bonds. The van der Waals surface area contributed by atoms with Crippen LogP contribution in [0.15, 0.2) is 0 Å². The quantitative estimate of drug-likeness (QED) is 0.210. The summed E-state index contributed by atoms with van der Waals surface area (Å²) in [6.07, 6.45) is 0. The van der Waals surface area contributed by atoms with Crippen LogP contribution in [0.1, 0.15) is 0 Å². The predicted molar refractivity (Wildman–Crippen MR) is 20.9 cm³/mol. The van der Waals surface area contributed by atoms with Crippen molar-refractivity contribution in [2.75, 3.05) is 0 Å². The van der Waals surface area contributed by atoms with Crippen LogP contribution in [0.2, 0.25) is 0 Å². The first-order valence-electron chi connectivity index (χ1n) is 1.33. The van der Waals surface area contributed by atoms with Crippen LogP contribution in [0, 0.1) is 0 Å². The van der Waals surface area contributed by atoms with Crippen LogP contribution in [0.5, 0.6) is 0 Å². The fourth-order valence-corrected chi connectivity index (χ4v) is 0. The standard InChI is InChI=1S/Cs.2H2O4S.Rh/c;2*1-5(2,3)4;/h;2*(H2,1,2,3,4);/q+1;;;+3/p-4. The van der Waals surface area contributed by atoms with Gasteiger partial charge in [-0.1, -0.05) is 0 Å². The molecule has 0 rings (SSSR count). The van der Waals surface area contributed by atoms with Crippen LogP contribution in [0.3, 0.4) is 0 Å². The fraction of sp³-hybridized carbons (Fsp3) is 0. The van der Waals surface area contributed by atoms with Crippen molar-refractivity contribution in [3.63, 3.8) is 0 Å². The third kappa shape index (κ3) is 277. The minimum absolute atomic E-state index is 0. The van der Waals surface area contributed by atoms with E-state index < -0.39 is 20.8 Å². The first-order chi connectivity index (χ1) is 4.00. The molecule has 0 saturated carbocycles. The molecule has 8 nitrogen and oxygen atoms in total. The van der Waals surface area contributed by atoms with Crippen molar-refractivity contribution in [2.24, 2.45) is 0 Å². The molecule has 0 unspecified atom stereocenters. The Bertz CT molecular complexity index is 213. The summed E-state index contributed by atoms with van der Waals surface area (Å²) in [5, 5.41) is 0. The summed E-state index contributed by atoms with van der Waals surface area (Å²) in [6.45, 7) is 0. The van der Waals surface area contributed by atoms with Crippen molar-refractivity contribution in [3.8, 4) is 0 Å². The predicted octanol–water partition coefficient (Wildman–Crippen LogP) is -5.67. The van der Waals surface area contributed by atoms with Gasteiger partial charge < -0.3 is 18.2 Å². The van der Waals surface area contributed by atoms with Gasteiger partial charge in [0.1, 0.15) is 0 Å². The SMILES string of the molecule is O=S(=O)([O-])[O-].O=S(=O)([O-])[O-].[Cs+].[Rh+3]. The summed E-state index contributed by atoms with van der Waals surface area (Å²) in [5.41, 5.74) is 0. The van der Waals surface area contributed by atoms with Crippen molar-refractivity contribution >= 4 is 20.8 Å². The molecule has 0 aliphatic carbocycles. The average molecular weight is 428 g/mol. The van der Waals surface area contributed by atoms with Gasteiger partial charge in [0.05, 0.1) is 0 Å². The third-order valence-corrected chi connectivity index (χ3v) is 0. The summed E-state index contributed by atoms with van der Waals surface area (Å²) in [6, 6.07) is 0. The first-order valence-corrected chi connectivity index (χ1v) is 4.00. The van der Waals surface area contributed by atoms with E-state index in [1.807, 2.05) is 0 Å². The minimum atomic E-state index is -5.17. The van der Waals surface area contributed by atoms with E-state index in [0.29, 0.717) is 0 Å². The zero-order valence-electron chi connectivity index (χ0n) is 5.42. The van der Waals surface area contributed by atoms with Crippen LogP contribution in [-0.2, 0) is 40.3 Å². The molecule has 0 aromatic rings. The van der Waals surface area contributed by atoms with Gasteiger partial charge in [0.2, 0.25) is 0 Å². The van der Waals surface area contributed by atoms with Crippen molar-refractivity contribution in [3.05, 3.63) is 0 Å². The molecule has 0 aliphatic heterocycles. The Balaban J connectivity index is -0.0000000457.